The molecule has 0 radical (unpaired) electrons. The maximum Gasteiger partial charge on any atom is 0.298 e. The van der Waals surface area contributed by atoms with Crippen LogP contribution in [0.3, 0.4) is 0 Å². The number of carbonyl (C=O) groups excluding carboxylic acids is 2. The number of benzene rings is 2. The van der Waals surface area contributed by atoms with Gasteiger partial charge < -0.3 is 9.47 Å². The second-order valence-electron chi connectivity index (χ2n) is 3.81. The minimum absolute atomic E-state index is 0.367. The fraction of sp³-hybridized carbons (Fsp3) is 0.0667. The molecule has 96 valence electrons. The van der Waals surface area contributed by atoms with Gasteiger partial charge in [0, 0.05) is 0 Å². The average Bonchev–Trinajstić information content (AvgIpc) is 2.47. The van der Waals surface area contributed by atoms with Gasteiger partial charge in [-0.2, -0.15) is 0 Å². The molecule has 0 aliphatic heterocycles. The third-order valence-electron chi connectivity index (χ3n) is 2.66. The Morgan fingerprint density at radius 2 is 1.42 bits per heavy atom. The molecule has 0 spiro atoms. The van der Waals surface area contributed by atoms with Crippen molar-refractivity contribution in [2.24, 2.45) is 0 Å². The Morgan fingerprint density at radius 3 is 2.00 bits per heavy atom. The standard InChI is InChI=1S/C15H12O4/c16-10-18-14-8-6-13(7-9-14)15(19-11-17)12-4-2-1-3-5-12/h1-11,15H. The molecule has 2 aromatic carbocycles. The Labute approximate surface area is 110 Å². The SMILES string of the molecule is O=COc1ccc(C(OC=O)c2ccccc2)cc1. The van der Waals surface area contributed by atoms with E-state index in [0.29, 0.717) is 18.7 Å². The molecule has 19 heavy (non-hydrogen) atoms. The zero-order valence-corrected chi connectivity index (χ0v) is 10.1. The Balaban J connectivity index is 2.28. The molecule has 2 rings (SSSR count). The molecule has 1 atom stereocenters. The van der Waals surface area contributed by atoms with Crippen LogP contribution < -0.4 is 4.74 Å². The van der Waals surface area contributed by atoms with Gasteiger partial charge in [-0.25, -0.2) is 0 Å². The van der Waals surface area contributed by atoms with E-state index >= 15 is 0 Å². The van der Waals surface area contributed by atoms with Gasteiger partial charge in [0.15, 0.2) is 6.10 Å². The highest BCUT2D eigenvalue weighted by Gasteiger charge is 2.14. The third kappa shape index (κ3) is 3.19. The van der Waals surface area contributed by atoms with Gasteiger partial charge in [0.1, 0.15) is 5.75 Å². The zero-order chi connectivity index (χ0) is 13.5. The van der Waals surface area contributed by atoms with Crippen LogP contribution in [0, 0.1) is 0 Å². The molecular formula is C15H12O4. The van der Waals surface area contributed by atoms with E-state index in [2.05, 4.69) is 0 Å². The predicted molar refractivity (Wildman–Crippen MR) is 68.6 cm³/mol. The van der Waals surface area contributed by atoms with Gasteiger partial charge in [-0.3, -0.25) is 9.59 Å². The predicted octanol–water partition coefficient (Wildman–Crippen LogP) is 2.48. The summed E-state index contributed by atoms with van der Waals surface area (Å²) in [6.45, 7) is 0.791. The number of carbonyl (C=O) groups is 2. The quantitative estimate of drug-likeness (QED) is 0.745. The molecular weight excluding hydrogens is 244 g/mol. The van der Waals surface area contributed by atoms with Gasteiger partial charge in [0.05, 0.1) is 0 Å². The monoisotopic (exact) mass is 256 g/mol. The molecule has 4 nitrogen and oxygen atoms in total. The van der Waals surface area contributed by atoms with E-state index in [9.17, 15) is 9.59 Å². The summed E-state index contributed by atoms with van der Waals surface area (Å²) >= 11 is 0. The van der Waals surface area contributed by atoms with Gasteiger partial charge in [0.2, 0.25) is 0 Å². The Hall–Kier alpha value is -2.62. The summed E-state index contributed by atoms with van der Waals surface area (Å²) in [7, 11) is 0. The van der Waals surface area contributed by atoms with Crippen molar-refractivity contribution in [1.29, 1.82) is 0 Å². The lowest BCUT2D eigenvalue weighted by Crippen LogP contribution is -2.05. The summed E-state index contributed by atoms with van der Waals surface area (Å²) in [6.07, 6.45) is -0.469. The Bertz CT molecular complexity index is 534. The molecule has 0 amide bonds. The minimum atomic E-state index is -0.469. The van der Waals surface area contributed by atoms with Crippen molar-refractivity contribution >= 4 is 12.9 Å². The normalized spacial score (nSPS) is 11.4. The van der Waals surface area contributed by atoms with Gasteiger partial charge in [-0.05, 0) is 23.3 Å². The van der Waals surface area contributed by atoms with Crippen molar-refractivity contribution in [2.75, 3.05) is 0 Å². The van der Waals surface area contributed by atoms with E-state index in [-0.39, 0.29) is 0 Å². The second kappa shape index (κ2) is 6.35. The van der Waals surface area contributed by atoms with Crippen molar-refractivity contribution in [3.63, 3.8) is 0 Å². The lowest BCUT2D eigenvalue weighted by atomic mass is 10.0. The first-order valence-electron chi connectivity index (χ1n) is 5.69. The topological polar surface area (TPSA) is 52.6 Å². The van der Waals surface area contributed by atoms with Crippen LogP contribution in [0.4, 0.5) is 0 Å². The highest BCUT2D eigenvalue weighted by Crippen LogP contribution is 2.26. The first-order chi connectivity index (χ1) is 9.35. The van der Waals surface area contributed by atoms with Gasteiger partial charge in [0.25, 0.3) is 12.9 Å². The second-order valence-corrected chi connectivity index (χ2v) is 3.81. The summed E-state index contributed by atoms with van der Waals surface area (Å²) in [5.41, 5.74) is 1.68. The molecule has 0 bridgehead atoms. The average molecular weight is 256 g/mol. The lowest BCUT2D eigenvalue weighted by Gasteiger charge is -2.16. The molecule has 0 aromatic heterocycles. The molecule has 1 unspecified atom stereocenters. The van der Waals surface area contributed by atoms with E-state index in [4.69, 9.17) is 9.47 Å². The summed E-state index contributed by atoms with van der Waals surface area (Å²) in [5, 5.41) is 0. The lowest BCUT2D eigenvalue weighted by molar-refractivity contribution is -0.132. The fourth-order valence-electron chi connectivity index (χ4n) is 1.81. The number of hydrogen-bond acceptors (Lipinski definition) is 4. The number of ether oxygens (including phenoxy) is 2. The van der Waals surface area contributed by atoms with Crippen molar-refractivity contribution in [1.82, 2.24) is 0 Å². The zero-order valence-electron chi connectivity index (χ0n) is 10.1. The van der Waals surface area contributed by atoms with Crippen LogP contribution in [0.25, 0.3) is 0 Å². The fourth-order valence-corrected chi connectivity index (χ4v) is 1.81. The van der Waals surface area contributed by atoms with Gasteiger partial charge in [-0.1, -0.05) is 42.5 Å². The Kier molecular flexibility index (Phi) is 4.29. The molecule has 4 heteroatoms. The molecule has 0 saturated carbocycles. The maximum absolute atomic E-state index is 10.6. The van der Waals surface area contributed by atoms with Crippen LogP contribution in [0.1, 0.15) is 17.2 Å². The van der Waals surface area contributed by atoms with Crippen LogP contribution in [-0.2, 0) is 14.3 Å². The first kappa shape index (κ1) is 12.8. The molecule has 2 aromatic rings. The van der Waals surface area contributed by atoms with Crippen LogP contribution in [0.2, 0.25) is 0 Å². The minimum Gasteiger partial charge on any atom is -0.455 e. The smallest absolute Gasteiger partial charge is 0.298 e. The summed E-state index contributed by atoms with van der Waals surface area (Å²) in [4.78, 5) is 20.9. The van der Waals surface area contributed by atoms with Gasteiger partial charge >= 0.3 is 0 Å². The van der Waals surface area contributed by atoms with E-state index < -0.39 is 6.10 Å². The summed E-state index contributed by atoms with van der Waals surface area (Å²) < 4.78 is 9.84. The maximum atomic E-state index is 10.6. The number of hydrogen-bond donors (Lipinski definition) is 0. The largest absolute Gasteiger partial charge is 0.455 e. The van der Waals surface area contributed by atoms with E-state index in [0.717, 1.165) is 11.1 Å². The van der Waals surface area contributed by atoms with E-state index in [1.165, 1.54) is 0 Å². The number of rotatable bonds is 6. The highest BCUT2D eigenvalue weighted by molar-refractivity contribution is 5.46. The Morgan fingerprint density at radius 1 is 0.789 bits per heavy atom. The van der Waals surface area contributed by atoms with Crippen molar-refractivity contribution < 1.29 is 19.1 Å². The van der Waals surface area contributed by atoms with Gasteiger partial charge in [-0.15, -0.1) is 0 Å². The molecule has 0 aliphatic carbocycles. The molecule has 0 heterocycles. The van der Waals surface area contributed by atoms with Crippen molar-refractivity contribution in [3.05, 3.63) is 65.7 Å². The van der Waals surface area contributed by atoms with Crippen LogP contribution in [-0.4, -0.2) is 12.9 Å². The highest BCUT2D eigenvalue weighted by atomic mass is 16.5. The first-order valence-corrected chi connectivity index (χ1v) is 5.69. The molecule has 0 saturated heterocycles. The van der Waals surface area contributed by atoms with Crippen molar-refractivity contribution in [2.45, 2.75) is 6.10 Å². The van der Waals surface area contributed by atoms with E-state index in [1.54, 1.807) is 24.3 Å². The van der Waals surface area contributed by atoms with Crippen LogP contribution >= 0.6 is 0 Å². The summed E-state index contributed by atoms with van der Waals surface area (Å²) in [5.74, 6) is 0.441. The molecule has 0 fully saturated rings. The summed E-state index contributed by atoms with van der Waals surface area (Å²) in [6, 6.07) is 16.2. The van der Waals surface area contributed by atoms with Crippen LogP contribution in [0.5, 0.6) is 5.75 Å². The van der Waals surface area contributed by atoms with Crippen LogP contribution in [0.15, 0.2) is 54.6 Å². The molecule has 0 aliphatic rings. The third-order valence-corrected chi connectivity index (χ3v) is 2.66. The van der Waals surface area contributed by atoms with E-state index in [1.807, 2.05) is 30.3 Å². The van der Waals surface area contributed by atoms with Crippen molar-refractivity contribution in [3.8, 4) is 5.75 Å². The molecule has 0 N–H and O–H groups in total.